The minimum absolute atomic E-state index is 0.215. The molecule has 1 N–H and O–H groups in total. The average molecular weight is 465 g/mol. The van der Waals surface area contributed by atoms with Crippen molar-refractivity contribution < 1.29 is 26.7 Å². The lowest BCUT2D eigenvalue weighted by molar-refractivity contribution is -0.111. The third-order valence-electron chi connectivity index (χ3n) is 4.02. The number of hydrogen-bond donors (Lipinski definition) is 1. The van der Waals surface area contributed by atoms with E-state index in [1.165, 1.54) is 41.7 Å². The van der Waals surface area contributed by atoms with Crippen molar-refractivity contribution in [3.8, 4) is 5.75 Å². The SMILES string of the molecule is Cc1nc(COc2cccc(/C=C/C(=O)Nc3ccccc3S(=O)(=O)C(F)F)c2)cs1. The van der Waals surface area contributed by atoms with Gasteiger partial charge >= 0.3 is 5.76 Å². The zero-order chi connectivity index (χ0) is 22.4. The summed E-state index contributed by atoms with van der Waals surface area (Å²) < 4.78 is 55.0. The third kappa shape index (κ3) is 5.96. The number of sulfone groups is 1. The molecule has 0 bridgehead atoms. The van der Waals surface area contributed by atoms with Gasteiger partial charge in [0.1, 0.15) is 12.4 Å². The van der Waals surface area contributed by atoms with Crippen molar-refractivity contribution in [3.05, 3.63) is 76.3 Å². The number of nitrogens with one attached hydrogen (secondary N) is 1. The second-order valence-electron chi connectivity index (χ2n) is 6.34. The maximum atomic E-state index is 12.9. The van der Waals surface area contributed by atoms with Gasteiger partial charge in [0.2, 0.25) is 15.7 Å². The van der Waals surface area contributed by atoms with Crippen molar-refractivity contribution in [2.45, 2.75) is 24.2 Å². The number of amides is 1. The van der Waals surface area contributed by atoms with Gasteiger partial charge in [0, 0.05) is 11.5 Å². The highest BCUT2D eigenvalue weighted by Crippen LogP contribution is 2.26. The number of rotatable bonds is 8. The van der Waals surface area contributed by atoms with Gasteiger partial charge in [-0.3, -0.25) is 4.79 Å². The molecule has 0 radical (unpaired) electrons. The van der Waals surface area contributed by atoms with E-state index in [1.54, 1.807) is 24.3 Å². The number of ether oxygens (including phenoxy) is 1. The largest absolute Gasteiger partial charge is 0.487 e. The molecule has 0 saturated heterocycles. The molecule has 0 aliphatic carbocycles. The summed E-state index contributed by atoms with van der Waals surface area (Å²) in [6.07, 6.45) is 2.67. The lowest BCUT2D eigenvalue weighted by Crippen LogP contribution is -2.16. The van der Waals surface area contributed by atoms with Gasteiger partial charge in [0.05, 0.1) is 21.3 Å². The fourth-order valence-corrected chi connectivity index (χ4v) is 4.08. The van der Waals surface area contributed by atoms with Crippen LogP contribution in [0.4, 0.5) is 14.5 Å². The van der Waals surface area contributed by atoms with Crippen LogP contribution in [0.15, 0.2) is 64.9 Å². The van der Waals surface area contributed by atoms with Crippen molar-refractivity contribution in [1.29, 1.82) is 0 Å². The maximum Gasteiger partial charge on any atom is 0.341 e. The molecule has 3 aromatic rings. The van der Waals surface area contributed by atoms with Crippen LogP contribution in [-0.4, -0.2) is 25.1 Å². The van der Waals surface area contributed by atoms with Gasteiger partial charge in [-0.05, 0) is 42.8 Å². The Morgan fingerprint density at radius 3 is 2.71 bits per heavy atom. The van der Waals surface area contributed by atoms with Crippen LogP contribution in [0.1, 0.15) is 16.3 Å². The van der Waals surface area contributed by atoms with Gasteiger partial charge in [0.15, 0.2) is 0 Å². The van der Waals surface area contributed by atoms with Crippen LogP contribution in [0.3, 0.4) is 0 Å². The molecule has 10 heteroatoms. The Morgan fingerprint density at radius 1 is 1.23 bits per heavy atom. The van der Waals surface area contributed by atoms with E-state index in [9.17, 15) is 22.0 Å². The Labute approximate surface area is 182 Å². The standard InChI is InChI=1S/C21H18F2N2O4S2/c1-14-24-16(13-30-14)12-29-17-6-4-5-15(11-17)9-10-20(26)25-18-7-2-3-8-19(18)31(27,28)21(22)23/h2-11,13,21H,12H2,1H3,(H,25,26)/b10-9+. The number of thiazole rings is 1. The van der Waals surface area contributed by atoms with Crippen molar-refractivity contribution in [1.82, 2.24) is 4.98 Å². The van der Waals surface area contributed by atoms with Crippen LogP contribution in [0, 0.1) is 6.92 Å². The summed E-state index contributed by atoms with van der Waals surface area (Å²) in [5.74, 6) is -3.67. The molecule has 1 aromatic heterocycles. The number of aryl methyl sites for hydroxylation is 1. The molecule has 162 valence electrons. The number of para-hydroxylation sites is 1. The number of aromatic nitrogens is 1. The monoisotopic (exact) mass is 464 g/mol. The van der Waals surface area contributed by atoms with Crippen LogP contribution < -0.4 is 10.1 Å². The lowest BCUT2D eigenvalue weighted by Gasteiger charge is -2.10. The Bertz CT molecular complexity index is 1210. The predicted molar refractivity (Wildman–Crippen MR) is 115 cm³/mol. The number of nitrogens with zero attached hydrogens (tertiary/aromatic N) is 1. The first-order chi connectivity index (χ1) is 14.8. The highest BCUT2D eigenvalue weighted by molar-refractivity contribution is 7.91. The fourth-order valence-electron chi connectivity index (χ4n) is 2.60. The van der Waals surface area contributed by atoms with Gasteiger partial charge in [0.25, 0.3) is 0 Å². The van der Waals surface area contributed by atoms with Gasteiger partial charge in [-0.15, -0.1) is 11.3 Å². The highest BCUT2D eigenvalue weighted by atomic mass is 32.2. The second-order valence-corrected chi connectivity index (χ2v) is 9.29. The Kier molecular flexibility index (Phi) is 7.13. The van der Waals surface area contributed by atoms with E-state index >= 15 is 0 Å². The first kappa shape index (κ1) is 22.6. The summed E-state index contributed by atoms with van der Waals surface area (Å²) in [7, 11) is -4.85. The minimum Gasteiger partial charge on any atom is -0.487 e. The summed E-state index contributed by atoms with van der Waals surface area (Å²) in [6.45, 7) is 2.22. The van der Waals surface area contributed by atoms with E-state index in [1.807, 2.05) is 12.3 Å². The molecular weight excluding hydrogens is 446 g/mol. The minimum atomic E-state index is -4.85. The zero-order valence-corrected chi connectivity index (χ0v) is 17.9. The third-order valence-corrected chi connectivity index (χ3v) is 6.29. The van der Waals surface area contributed by atoms with E-state index in [2.05, 4.69) is 10.3 Å². The molecule has 0 aliphatic heterocycles. The van der Waals surface area contributed by atoms with Gasteiger partial charge in [-0.25, -0.2) is 13.4 Å². The zero-order valence-electron chi connectivity index (χ0n) is 16.3. The lowest BCUT2D eigenvalue weighted by atomic mass is 10.2. The molecule has 0 saturated carbocycles. The fraction of sp³-hybridized carbons (Fsp3) is 0.143. The van der Waals surface area contributed by atoms with Gasteiger partial charge in [-0.2, -0.15) is 8.78 Å². The molecular formula is C21H18F2N2O4S2. The summed E-state index contributed by atoms with van der Waals surface area (Å²) in [5, 5.41) is 5.19. The van der Waals surface area contributed by atoms with Crippen molar-refractivity contribution in [2.24, 2.45) is 0 Å². The normalized spacial score (nSPS) is 11.7. The number of carbonyl (C=O) groups excluding carboxylic acids is 1. The molecule has 2 aromatic carbocycles. The van der Waals surface area contributed by atoms with Crippen LogP contribution in [0.25, 0.3) is 6.08 Å². The molecule has 0 atom stereocenters. The average Bonchev–Trinajstić information content (AvgIpc) is 3.16. The summed E-state index contributed by atoms with van der Waals surface area (Å²) in [4.78, 5) is 15.9. The molecule has 31 heavy (non-hydrogen) atoms. The Balaban J connectivity index is 1.67. The summed E-state index contributed by atoms with van der Waals surface area (Å²) >= 11 is 1.53. The van der Waals surface area contributed by atoms with E-state index in [4.69, 9.17) is 4.74 Å². The first-order valence-corrected chi connectivity index (χ1v) is 11.4. The number of anilines is 1. The van der Waals surface area contributed by atoms with Gasteiger partial charge < -0.3 is 10.1 Å². The van der Waals surface area contributed by atoms with E-state index < -0.39 is 26.4 Å². The second kappa shape index (κ2) is 9.80. The van der Waals surface area contributed by atoms with Gasteiger partial charge in [-0.1, -0.05) is 24.3 Å². The quantitative estimate of drug-likeness (QED) is 0.490. The van der Waals surface area contributed by atoms with Crippen molar-refractivity contribution in [2.75, 3.05) is 5.32 Å². The van der Waals surface area contributed by atoms with Crippen LogP contribution >= 0.6 is 11.3 Å². The molecule has 0 fully saturated rings. The maximum absolute atomic E-state index is 12.9. The number of halogens is 2. The van der Waals surface area contributed by atoms with Crippen LogP contribution in [-0.2, 0) is 21.2 Å². The van der Waals surface area contributed by atoms with E-state index in [0.29, 0.717) is 17.9 Å². The molecule has 3 rings (SSSR count). The number of alkyl halides is 2. The first-order valence-electron chi connectivity index (χ1n) is 9.00. The predicted octanol–water partition coefficient (Wildman–Crippen LogP) is 4.68. The number of benzene rings is 2. The molecule has 6 nitrogen and oxygen atoms in total. The molecule has 0 unspecified atom stereocenters. The van der Waals surface area contributed by atoms with Crippen LogP contribution in [0.2, 0.25) is 0 Å². The number of carbonyl (C=O) groups is 1. The van der Waals surface area contributed by atoms with Crippen LogP contribution in [0.5, 0.6) is 5.75 Å². The Hall–Kier alpha value is -3.11. The summed E-state index contributed by atoms with van der Waals surface area (Å²) in [6, 6.07) is 12.0. The highest BCUT2D eigenvalue weighted by Gasteiger charge is 2.29. The number of hydrogen-bond acceptors (Lipinski definition) is 6. The molecule has 0 spiro atoms. The van der Waals surface area contributed by atoms with E-state index in [-0.39, 0.29) is 5.69 Å². The molecule has 1 heterocycles. The Morgan fingerprint density at radius 2 is 2.00 bits per heavy atom. The smallest absolute Gasteiger partial charge is 0.341 e. The van der Waals surface area contributed by atoms with Crippen molar-refractivity contribution >= 4 is 38.8 Å². The molecule has 0 aliphatic rings. The topological polar surface area (TPSA) is 85.4 Å². The summed E-state index contributed by atoms with van der Waals surface area (Å²) in [5.41, 5.74) is 1.27. The van der Waals surface area contributed by atoms with E-state index in [0.717, 1.165) is 16.8 Å². The van der Waals surface area contributed by atoms with Crippen molar-refractivity contribution in [3.63, 3.8) is 0 Å². The molecule has 1 amide bonds.